The first-order valence-corrected chi connectivity index (χ1v) is 9.79. The number of anilines is 1. The zero-order chi connectivity index (χ0) is 23.0. The molecule has 1 N–H and O–H groups in total. The van der Waals surface area contributed by atoms with Crippen molar-refractivity contribution in [2.24, 2.45) is 14.1 Å². The van der Waals surface area contributed by atoms with E-state index in [4.69, 9.17) is 4.74 Å². The van der Waals surface area contributed by atoms with Crippen LogP contribution in [0.1, 0.15) is 12.5 Å². The SMILES string of the molecule is CC(=O)OCCN(CCNc1cc(=O)n(C)c(=O)n1C)CCc1ccc([N+](=O)[O-])cc1. The second-order valence-electron chi connectivity index (χ2n) is 7.05. The summed E-state index contributed by atoms with van der Waals surface area (Å²) in [5.74, 6) is 0.0620. The maximum absolute atomic E-state index is 12.0. The second kappa shape index (κ2) is 11.1. The van der Waals surface area contributed by atoms with Crippen LogP contribution in [0.15, 0.2) is 39.9 Å². The number of non-ortho nitro benzene ring substituents is 1. The van der Waals surface area contributed by atoms with Gasteiger partial charge in [0.1, 0.15) is 12.4 Å². The lowest BCUT2D eigenvalue weighted by Gasteiger charge is -2.23. The van der Waals surface area contributed by atoms with E-state index in [0.29, 0.717) is 38.4 Å². The topological polar surface area (TPSA) is 129 Å². The minimum absolute atomic E-state index is 0.0410. The summed E-state index contributed by atoms with van der Waals surface area (Å²) < 4.78 is 7.42. The molecule has 0 saturated heterocycles. The molecule has 2 aromatic rings. The summed E-state index contributed by atoms with van der Waals surface area (Å²) in [6.45, 7) is 3.75. The number of benzene rings is 1. The Bertz CT molecular complexity index is 1030. The number of rotatable bonds is 11. The normalized spacial score (nSPS) is 10.8. The Labute approximate surface area is 179 Å². The molecule has 1 heterocycles. The largest absolute Gasteiger partial charge is 0.465 e. The Hall–Kier alpha value is -3.47. The molecule has 1 aromatic carbocycles. The minimum Gasteiger partial charge on any atom is -0.465 e. The van der Waals surface area contributed by atoms with Crippen LogP contribution in [0.25, 0.3) is 0 Å². The predicted molar refractivity (Wildman–Crippen MR) is 115 cm³/mol. The standard InChI is InChI=1S/C20H27N5O6/c1-15(26)31-13-12-24(10-8-16-4-6-17(7-5-16)25(29)30)11-9-21-18-14-19(27)23(3)20(28)22(18)2/h4-7,14,21H,8-13H2,1-3H3. The molecular formula is C20H27N5O6. The molecule has 0 bridgehead atoms. The van der Waals surface area contributed by atoms with Gasteiger partial charge in [0.25, 0.3) is 11.2 Å². The van der Waals surface area contributed by atoms with Crippen molar-refractivity contribution in [1.29, 1.82) is 0 Å². The highest BCUT2D eigenvalue weighted by molar-refractivity contribution is 5.65. The number of carbonyl (C=O) groups excluding carboxylic acids is 1. The quantitative estimate of drug-likeness (QED) is 0.308. The van der Waals surface area contributed by atoms with Crippen LogP contribution in [-0.4, -0.2) is 57.7 Å². The van der Waals surface area contributed by atoms with E-state index in [1.807, 2.05) is 0 Å². The third-order valence-corrected chi connectivity index (χ3v) is 4.84. The van der Waals surface area contributed by atoms with Gasteiger partial charge in [0.2, 0.25) is 0 Å². The molecule has 0 unspecified atom stereocenters. The second-order valence-corrected chi connectivity index (χ2v) is 7.05. The molecule has 1 aromatic heterocycles. The number of esters is 1. The van der Waals surface area contributed by atoms with E-state index in [2.05, 4.69) is 10.2 Å². The smallest absolute Gasteiger partial charge is 0.332 e. The first-order chi connectivity index (χ1) is 14.7. The number of nitro benzene ring substituents is 1. The van der Waals surface area contributed by atoms with Gasteiger partial charge in [-0.1, -0.05) is 12.1 Å². The van der Waals surface area contributed by atoms with E-state index < -0.39 is 16.2 Å². The van der Waals surface area contributed by atoms with E-state index in [1.165, 1.54) is 36.7 Å². The molecule has 0 amide bonds. The Morgan fingerprint density at radius 3 is 2.42 bits per heavy atom. The van der Waals surface area contributed by atoms with Crippen molar-refractivity contribution in [3.8, 4) is 0 Å². The summed E-state index contributed by atoms with van der Waals surface area (Å²) in [4.78, 5) is 47.3. The van der Waals surface area contributed by atoms with E-state index in [9.17, 15) is 24.5 Å². The number of hydrogen-bond acceptors (Lipinski definition) is 8. The van der Waals surface area contributed by atoms with Crippen LogP contribution in [0.5, 0.6) is 0 Å². The van der Waals surface area contributed by atoms with Gasteiger partial charge >= 0.3 is 11.7 Å². The number of ether oxygens (including phenoxy) is 1. The zero-order valence-electron chi connectivity index (χ0n) is 17.9. The van der Waals surface area contributed by atoms with Gasteiger partial charge in [-0.3, -0.25) is 33.7 Å². The van der Waals surface area contributed by atoms with Crippen LogP contribution >= 0.6 is 0 Å². The molecule has 0 aliphatic rings. The van der Waals surface area contributed by atoms with Crippen molar-refractivity contribution < 1.29 is 14.5 Å². The van der Waals surface area contributed by atoms with Crippen LogP contribution in [0.3, 0.4) is 0 Å². The van der Waals surface area contributed by atoms with Gasteiger partial charge in [0, 0.05) is 65.4 Å². The van der Waals surface area contributed by atoms with E-state index in [1.54, 1.807) is 19.2 Å². The maximum atomic E-state index is 12.0. The third kappa shape index (κ3) is 7.07. The summed E-state index contributed by atoms with van der Waals surface area (Å²) in [6.07, 6.45) is 0.655. The van der Waals surface area contributed by atoms with E-state index in [0.717, 1.165) is 10.1 Å². The van der Waals surface area contributed by atoms with Gasteiger partial charge in [0.05, 0.1) is 4.92 Å². The lowest BCUT2D eigenvalue weighted by molar-refractivity contribution is -0.384. The minimum atomic E-state index is -0.439. The average molecular weight is 433 g/mol. The highest BCUT2D eigenvalue weighted by atomic mass is 16.6. The molecule has 168 valence electrons. The molecule has 0 atom stereocenters. The molecule has 11 heteroatoms. The van der Waals surface area contributed by atoms with Gasteiger partial charge in [-0.05, 0) is 12.0 Å². The summed E-state index contributed by atoms with van der Waals surface area (Å²) in [5.41, 5.74) is 0.180. The van der Waals surface area contributed by atoms with Gasteiger partial charge in [-0.25, -0.2) is 4.79 Å². The maximum Gasteiger partial charge on any atom is 0.332 e. The lowest BCUT2D eigenvalue weighted by atomic mass is 10.1. The molecule has 31 heavy (non-hydrogen) atoms. The fraction of sp³-hybridized carbons (Fsp3) is 0.450. The number of nitrogens with zero attached hydrogens (tertiary/aromatic N) is 4. The highest BCUT2D eigenvalue weighted by Gasteiger charge is 2.10. The monoisotopic (exact) mass is 433 g/mol. The van der Waals surface area contributed by atoms with Crippen molar-refractivity contribution in [1.82, 2.24) is 14.0 Å². The number of nitrogens with one attached hydrogen (secondary N) is 1. The van der Waals surface area contributed by atoms with Crippen LogP contribution in [-0.2, 0) is 30.0 Å². The van der Waals surface area contributed by atoms with Crippen LogP contribution in [0.2, 0.25) is 0 Å². The van der Waals surface area contributed by atoms with Crippen molar-refractivity contribution in [3.05, 3.63) is 66.8 Å². The molecule has 0 aliphatic carbocycles. The van der Waals surface area contributed by atoms with Crippen LogP contribution < -0.4 is 16.6 Å². The van der Waals surface area contributed by atoms with E-state index in [-0.39, 0.29) is 18.3 Å². The predicted octanol–water partition coefficient (Wildman–Crippen LogP) is 0.512. The average Bonchev–Trinajstić information content (AvgIpc) is 2.73. The summed E-state index contributed by atoms with van der Waals surface area (Å²) in [6, 6.07) is 7.74. The fourth-order valence-electron chi connectivity index (χ4n) is 2.97. The first kappa shape index (κ1) is 23.8. The van der Waals surface area contributed by atoms with Gasteiger partial charge in [-0.2, -0.15) is 0 Å². The Morgan fingerprint density at radius 1 is 1.13 bits per heavy atom. The van der Waals surface area contributed by atoms with Gasteiger partial charge in [-0.15, -0.1) is 0 Å². The Morgan fingerprint density at radius 2 is 1.81 bits per heavy atom. The molecule has 0 fully saturated rings. The summed E-state index contributed by atoms with van der Waals surface area (Å²) >= 11 is 0. The fourth-order valence-corrected chi connectivity index (χ4v) is 2.97. The molecule has 0 saturated carbocycles. The number of hydrogen-bond donors (Lipinski definition) is 1. The molecule has 0 spiro atoms. The van der Waals surface area contributed by atoms with Crippen molar-refractivity contribution >= 4 is 17.5 Å². The summed E-state index contributed by atoms with van der Waals surface area (Å²) in [5, 5.41) is 13.9. The van der Waals surface area contributed by atoms with Gasteiger partial charge < -0.3 is 10.1 Å². The third-order valence-electron chi connectivity index (χ3n) is 4.84. The zero-order valence-corrected chi connectivity index (χ0v) is 17.9. The Balaban J connectivity index is 1.97. The summed E-state index contributed by atoms with van der Waals surface area (Å²) in [7, 11) is 3.00. The molecule has 11 nitrogen and oxygen atoms in total. The number of carbonyl (C=O) groups is 1. The van der Waals surface area contributed by atoms with Crippen molar-refractivity contribution in [2.45, 2.75) is 13.3 Å². The van der Waals surface area contributed by atoms with Crippen LogP contribution in [0.4, 0.5) is 11.5 Å². The van der Waals surface area contributed by atoms with Crippen molar-refractivity contribution in [3.63, 3.8) is 0 Å². The van der Waals surface area contributed by atoms with Gasteiger partial charge in [0.15, 0.2) is 0 Å². The molecular weight excluding hydrogens is 406 g/mol. The number of nitro groups is 1. The Kier molecular flexibility index (Phi) is 8.50. The van der Waals surface area contributed by atoms with Crippen molar-refractivity contribution in [2.75, 3.05) is 38.1 Å². The lowest BCUT2D eigenvalue weighted by Crippen LogP contribution is -2.39. The van der Waals surface area contributed by atoms with E-state index >= 15 is 0 Å². The highest BCUT2D eigenvalue weighted by Crippen LogP contribution is 2.12. The molecule has 2 rings (SSSR count). The molecule has 0 radical (unpaired) electrons. The number of aromatic nitrogens is 2. The first-order valence-electron chi connectivity index (χ1n) is 9.79. The van der Waals surface area contributed by atoms with Crippen LogP contribution in [0, 0.1) is 10.1 Å². The molecule has 0 aliphatic heterocycles.